The highest BCUT2D eigenvalue weighted by Crippen LogP contribution is 2.05. The standard InChI is InChI=1S/C12H12FNO2/c1-3-16-12(15)6-4-5-10-8-14-11(13)7-9(10)2/h7-8H,3,6H2,1-2H3. The van der Waals surface area contributed by atoms with E-state index in [0.29, 0.717) is 17.7 Å². The number of aromatic nitrogens is 1. The maximum absolute atomic E-state index is 12.7. The lowest BCUT2D eigenvalue weighted by Gasteiger charge is -1.97. The number of halogens is 1. The Labute approximate surface area is 93.6 Å². The minimum atomic E-state index is -0.534. The van der Waals surface area contributed by atoms with Crippen LogP contribution in [0.1, 0.15) is 24.5 Å². The molecule has 0 bridgehead atoms. The van der Waals surface area contributed by atoms with Gasteiger partial charge in [-0.1, -0.05) is 11.8 Å². The average molecular weight is 221 g/mol. The number of ether oxygens (including phenoxy) is 1. The van der Waals surface area contributed by atoms with Crippen LogP contribution in [0.4, 0.5) is 4.39 Å². The first-order valence-corrected chi connectivity index (χ1v) is 4.90. The van der Waals surface area contributed by atoms with Gasteiger partial charge in [-0.15, -0.1) is 0 Å². The maximum Gasteiger partial charge on any atom is 0.317 e. The molecule has 1 aromatic heterocycles. The predicted octanol–water partition coefficient (Wildman–Crippen LogP) is 1.83. The van der Waals surface area contributed by atoms with Crippen LogP contribution in [-0.4, -0.2) is 17.6 Å². The van der Waals surface area contributed by atoms with Gasteiger partial charge < -0.3 is 4.74 Å². The largest absolute Gasteiger partial charge is 0.465 e. The van der Waals surface area contributed by atoms with E-state index < -0.39 is 5.95 Å². The Hall–Kier alpha value is -1.89. The summed E-state index contributed by atoms with van der Waals surface area (Å²) in [5.74, 6) is 4.52. The number of nitrogens with zero attached hydrogens (tertiary/aromatic N) is 1. The van der Waals surface area contributed by atoms with Gasteiger partial charge in [0.1, 0.15) is 6.42 Å². The van der Waals surface area contributed by atoms with Crippen LogP contribution in [0, 0.1) is 24.7 Å². The molecule has 16 heavy (non-hydrogen) atoms. The monoisotopic (exact) mass is 221 g/mol. The van der Waals surface area contributed by atoms with Crippen molar-refractivity contribution in [3.05, 3.63) is 29.3 Å². The van der Waals surface area contributed by atoms with E-state index in [9.17, 15) is 9.18 Å². The third kappa shape index (κ3) is 3.70. The second kappa shape index (κ2) is 5.86. The number of hydrogen-bond acceptors (Lipinski definition) is 3. The molecular weight excluding hydrogens is 209 g/mol. The molecule has 0 fully saturated rings. The zero-order valence-corrected chi connectivity index (χ0v) is 9.21. The third-order valence-electron chi connectivity index (χ3n) is 1.84. The van der Waals surface area contributed by atoms with Crippen molar-refractivity contribution in [2.75, 3.05) is 6.61 Å². The van der Waals surface area contributed by atoms with Crippen LogP contribution in [0.15, 0.2) is 12.3 Å². The summed E-state index contributed by atoms with van der Waals surface area (Å²) < 4.78 is 17.4. The van der Waals surface area contributed by atoms with Crippen LogP contribution >= 0.6 is 0 Å². The number of aryl methyl sites for hydroxylation is 1. The fourth-order valence-corrected chi connectivity index (χ4v) is 1.08. The van der Waals surface area contributed by atoms with Gasteiger partial charge in [-0.2, -0.15) is 4.39 Å². The molecule has 0 N–H and O–H groups in total. The number of hydrogen-bond donors (Lipinski definition) is 0. The molecule has 3 nitrogen and oxygen atoms in total. The molecule has 0 atom stereocenters. The van der Waals surface area contributed by atoms with Crippen molar-refractivity contribution in [2.24, 2.45) is 0 Å². The molecule has 84 valence electrons. The van der Waals surface area contributed by atoms with E-state index in [2.05, 4.69) is 16.8 Å². The van der Waals surface area contributed by atoms with Crippen LogP contribution in [-0.2, 0) is 9.53 Å². The van der Waals surface area contributed by atoms with E-state index in [4.69, 9.17) is 4.74 Å². The Morgan fingerprint density at radius 2 is 2.38 bits per heavy atom. The Morgan fingerprint density at radius 1 is 1.62 bits per heavy atom. The topological polar surface area (TPSA) is 39.2 Å². The Balaban J connectivity index is 2.66. The maximum atomic E-state index is 12.7. The van der Waals surface area contributed by atoms with Crippen molar-refractivity contribution in [2.45, 2.75) is 20.3 Å². The molecule has 0 amide bonds. The van der Waals surface area contributed by atoms with Gasteiger partial charge in [-0.25, -0.2) is 4.98 Å². The summed E-state index contributed by atoms with van der Waals surface area (Å²) in [7, 11) is 0. The van der Waals surface area contributed by atoms with E-state index in [0.717, 1.165) is 0 Å². The summed E-state index contributed by atoms with van der Waals surface area (Å²) in [6.07, 6.45) is 1.38. The summed E-state index contributed by atoms with van der Waals surface area (Å²) in [5.41, 5.74) is 1.31. The zero-order chi connectivity index (χ0) is 12.0. The lowest BCUT2D eigenvalue weighted by atomic mass is 10.1. The van der Waals surface area contributed by atoms with Gasteiger partial charge in [-0.3, -0.25) is 4.79 Å². The number of esters is 1. The molecule has 0 aliphatic carbocycles. The SMILES string of the molecule is CCOC(=O)CC#Cc1cnc(F)cc1C. The average Bonchev–Trinajstić information content (AvgIpc) is 2.22. The summed E-state index contributed by atoms with van der Waals surface area (Å²) in [6.45, 7) is 3.82. The van der Waals surface area contributed by atoms with E-state index in [1.807, 2.05) is 0 Å². The lowest BCUT2D eigenvalue weighted by Crippen LogP contribution is -2.01. The van der Waals surface area contributed by atoms with Crippen LogP contribution < -0.4 is 0 Å². The molecule has 0 aliphatic rings. The highest BCUT2D eigenvalue weighted by Gasteiger charge is 1.99. The molecule has 0 unspecified atom stereocenters. The van der Waals surface area contributed by atoms with Gasteiger partial charge in [0.2, 0.25) is 5.95 Å². The van der Waals surface area contributed by atoms with E-state index in [1.54, 1.807) is 13.8 Å². The zero-order valence-electron chi connectivity index (χ0n) is 9.21. The Morgan fingerprint density at radius 3 is 3.00 bits per heavy atom. The molecule has 1 rings (SSSR count). The van der Waals surface area contributed by atoms with Crippen molar-refractivity contribution in [3.63, 3.8) is 0 Å². The highest BCUT2D eigenvalue weighted by atomic mass is 19.1. The summed E-state index contributed by atoms with van der Waals surface area (Å²) in [6, 6.07) is 1.30. The number of carbonyl (C=O) groups excluding carboxylic acids is 1. The van der Waals surface area contributed by atoms with Crippen LogP contribution in [0.25, 0.3) is 0 Å². The quantitative estimate of drug-likeness (QED) is 0.434. The number of rotatable bonds is 2. The molecule has 1 aromatic rings. The van der Waals surface area contributed by atoms with Crippen molar-refractivity contribution in [1.29, 1.82) is 0 Å². The molecule has 0 saturated heterocycles. The normalized spacial score (nSPS) is 9.19. The Bertz CT molecular complexity index is 446. The molecule has 0 radical (unpaired) electrons. The van der Waals surface area contributed by atoms with E-state index >= 15 is 0 Å². The number of pyridine rings is 1. The van der Waals surface area contributed by atoms with Crippen LogP contribution in [0.2, 0.25) is 0 Å². The molecule has 1 heterocycles. The molecule has 4 heteroatoms. The first kappa shape index (κ1) is 12.2. The second-order valence-corrected chi connectivity index (χ2v) is 3.11. The van der Waals surface area contributed by atoms with Gasteiger partial charge in [-0.05, 0) is 25.5 Å². The van der Waals surface area contributed by atoms with Crippen molar-refractivity contribution in [1.82, 2.24) is 4.98 Å². The van der Waals surface area contributed by atoms with E-state index in [1.165, 1.54) is 12.3 Å². The summed E-state index contributed by atoms with van der Waals surface area (Å²) >= 11 is 0. The summed E-state index contributed by atoms with van der Waals surface area (Å²) in [4.78, 5) is 14.5. The molecule has 0 saturated carbocycles. The van der Waals surface area contributed by atoms with Crippen LogP contribution in [0.5, 0.6) is 0 Å². The second-order valence-electron chi connectivity index (χ2n) is 3.11. The minimum absolute atomic E-state index is 0.0324. The van der Waals surface area contributed by atoms with Gasteiger partial charge in [0.25, 0.3) is 0 Å². The van der Waals surface area contributed by atoms with Crippen molar-refractivity contribution in [3.8, 4) is 11.8 Å². The van der Waals surface area contributed by atoms with Crippen molar-refractivity contribution < 1.29 is 13.9 Å². The summed E-state index contributed by atoms with van der Waals surface area (Å²) in [5, 5.41) is 0. The van der Waals surface area contributed by atoms with Gasteiger partial charge in [0.15, 0.2) is 0 Å². The smallest absolute Gasteiger partial charge is 0.317 e. The number of carbonyl (C=O) groups is 1. The Kier molecular flexibility index (Phi) is 4.46. The molecule has 0 spiro atoms. The molecule has 0 aromatic carbocycles. The molecular formula is C12H12FNO2. The van der Waals surface area contributed by atoms with Crippen LogP contribution in [0.3, 0.4) is 0 Å². The van der Waals surface area contributed by atoms with E-state index in [-0.39, 0.29) is 12.4 Å². The highest BCUT2D eigenvalue weighted by molar-refractivity contribution is 5.72. The fourth-order valence-electron chi connectivity index (χ4n) is 1.08. The third-order valence-corrected chi connectivity index (χ3v) is 1.84. The van der Waals surface area contributed by atoms with Gasteiger partial charge in [0.05, 0.1) is 6.61 Å². The first-order chi connectivity index (χ1) is 7.63. The van der Waals surface area contributed by atoms with Gasteiger partial charge >= 0.3 is 5.97 Å². The predicted molar refractivity (Wildman–Crippen MR) is 57.1 cm³/mol. The minimum Gasteiger partial charge on any atom is -0.465 e. The lowest BCUT2D eigenvalue weighted by molar-refractivity contribution is -0.141. The first-order valence-electron chi connectivity index (χ1n) is 4.90. The molecule has 0 aliphatic heterocycles. The van der Waals surface area contributed by atoms with Gasteiger partial charge in [0, 0.05) is 11.8 Å². The fraction of sp³-hybridized carbons (Fsp3) is 0.333. The van der Waals surface area contributed by atoms with Crippen molar-refractivity contribution >= 4 is 5.97 Å².